The van der Waals surface area contributed by atoms with Crippen molar-refractivity contribution < 1.29 is 69.5 Å². The first-order valence-electron chi connectivity index (χ1n) is 12.6. The number of hydrogen-bond donors (Lipinski definition) is 1. The molecule has 0 aromatic heterocycles. The number of rotatable bonds is 23. The van der Waals surface area contributed by atoms with Gasteiger partial charge in [-0.05, 0) is 19.3 Å². The molecule has 176 valence electrons. The molecule has 0 aliphatic rings. The van der Waals surface area contributed by atoms with Gasteiger partial charge in [0.1, 0.15) is 0 Å². The van der Waals surface area contributed by atoms with E-state index in [9.17, 15) is 13.0 Å². The van der Waals surface area contributed by atoms with Gasteiger partial charge in [0, 0.05) is 11.9 Å². The Morgan fingerprint density at radius 3 is 1.20 bits per heavy atom. The number of hydrogen-bond acceptors (Lipinski definition) is 4. The zero-order chi connectivity index (χ0) is 21.6. The fourth-order valence-corrected chi connectivity index (χ4v) is 4.92. The molecule has 0 saturated heterocycles. The Labute approximate surface area is 230 Å². The average molecular weight is 473 g/mol. The molecule has 0 spiro atoms. The van der Waals surface area contributed by atoms with Crippen LogP contribution in [0.1, 0.15) is 142 Å². The minimum absolute atomic E-state index is 0. The van der Waals surface area contributed by atoms with Crippen molar-refractivity contribution >= 4 is 10.1 Å². The normalized spacial score (nSPS) is 12.6. The Balaban J connectivity index is 0. The van der Waals surface area contributed by atoms with Gasteiger partial charge in [0.15, 0.2) is 0 Å². The predicted octanol–water partition coefficient (Wildman–Crippen LogP) is 4.11. The minimum atomic E-state index is -4.14. The first-order chi connectivity index (χ1) is 14.0. The first kappa shape index (κ1) is 33.7. The molecule has 0 heterocycles. The van der Waals surface area contributed by atoms with Crippen LogP contribution in [0.5, 0.6) is 0 Å². The summed E-state index contributed by atoms with van der Waals surface area (Å²) in [7, 11) is -4.14. The van der Waals surface area contributed by atoms with Crippen LogP contribution in [0.2, 0.25) is 0 Å². The number of unbranched alkanes of at least 4 members (excludes halogenated alkanes) is 17. The third-order valence-electron chi connectivity index (χ3n) is 5.97. The second-order valence-corrected chi connectivity index (χ2v) is 10.4. The summed E-state index contributed by atoms with van der Waals surface area (Å²) in [5, 5.41) is 8.07. The van der Waals surface area contributed by atoms with E-state index in [1.807, 2.05) is 0 Å². The first-order valence-corrected chi connectivity index (χ1v) is 14.0. The van der Waals surface area contributed by atoms with Crippen LogP contribution in [0.3, 0.4) is 0 Å². The molecule has 0 amide bonds. The molecule has 30 heavy (non-hydrogen) atoms. The molecule has 0 aromatic rings. The fourth-order valence-electron chi connectivity index (χ4n) is 4.01. The molecule has 6 heteroatoms. The van der Waals surface area contributed by atoms with Crippen molar-refractivity contribution in [2.24, 2.45) is 0 Å². The summed E-state index contributed by atoms with van der Waals surface area (Å²) < 4.78 is 34.5. The average Bonchev–Trinajstić information content (AvgIpc) is 2.68. The zero-order valence-corrected chi connectivity index (χ0v) is 24.2. The van der Waals surface area contributed by atoms with Gasteiger partial charge in [0.2, 0.25) is 0 Å². The van der Waals surface area contributed by atoms with Crippen LogP contribution in [0.15, 0.2) is 0 Å². The van der Waals surface area contributed by atoms with Gasteiger partial charge < -0.3 is 9.66 Å². The van der Waals surface area contributed by atoms with Gasteiger partial charge in [-0.1, -0.05) is 122 Å². The second kappa shape index (κ2) is 25.1. The van der Waals surface area contributed by atoms with Gasteiger partial charge in [0.25, 0.3) is 0 Å². The van der Waals surface area contributed by atoms with Gasteiger partial charge in [-0.3, -0.25) is 0 Å². The van der Waals surface area contributed by atoms with Crippen molar-refractivity contribution in [2.45, 2.75) is 147 Å². The third kappa shape index (κ3) is 24.2. The SMILES string of the molecule is CCCCCCCCC(CCCCCCCCCCCCCCCO)S(=O)(=O)[O-].[K+]. The van der Waals surface area contributed by atoms with Crippen molar-refractivity contribution in [1.29, 1.82) is 0 Å². The van der Waals surface area contributed by atoms with Crippen LogP contribution in [-0.4, -0.2) is 29.9 Å². The molecule has 0 rings (SSSR count). The van der Waals surface area contributed by atoms with Crippen molar-refractivity contribution in [2.75, 3.05) is 6.61 Å². The molecule has 0 bridgehead atoms. The van der Waals surface area contributed by atoms with Crippen molar-refractivity contribution in [3.63, 3.8) is 0 Å². The van der Waals surface area contributed by atoms with E-state index < -0.39 is 15.4 Å². The van der Waals surface area contributed by atoms with E-state index in [1.54, 1.807) is 0 Å². The van der Waals surface area contributed by atoms with Crippen LogP contribution in [0.25, 0.3) is 0 Å². The molecule has 0 aromatic carbocycles. The summed E-state index contributed by atoms with van der Waals surface area (Å²) in [6.45, 7) is 2.51. The second-order valence-electron chi connectivity index (χ2n) is 8.78. The van der Waals surface area contributed by atoms with Gasteiger partial charge in [-0.15, -0.1) is 0 Å². The quantitative estimate of drug-likeness (QED) is 0.138. The third-order valence-corrected chi connectivity index (χ3v) is 7.26. The zero-order valence-electron chi connectivity index (χ0n) is 20.2. The summed E-state index contributed by atoms with van der Waals surface area (Å²) in [6.07, 6.45) is 23.3. The van der Waals surface area contributed by atoms with Crippen molar-refractivity contribution in [3.05, 3.63) is 0 Å². The monoisotopic (exact) mass is 472 g/mol. The number of aliphatic hydroxyl groups is 1. The molecule has 0 aliphatic carbocycles. The molecular weight excluding hydrogens is 423 g/mol. The van der Waals surface area contributed by atoms with Gasteiger partial charge in [-0.2, -0.15) is 0 Å². The van der Waals surface area contributed by atoms with Crippen molar-refractivity contribution in [3.8, 4) is 0 Å². The van der Waals surface area contributed by atoms with E-state index in [-0.39, 0.29) is 51.4 Å². The maximum absolute atomic E-state index is 11.5. The number of aliphatic hydroxyl groups excluding tert-OH is 1. The summed E-state index contributed by atoms with van der Waals surface area (Å²) in [5.41, 5.74) is 0. The Kier molecular flexibility index (Phi) is 28.2. The van der Waals surface area contributed by atoms with E-state index >= 15 is 0 Å². The Morgan fingerprint density at radius 1 is 0.600 bits per heavy atom. The maximum Gasteiger partial charge on any atom is 1.00 e. The standard InChI is InChI=1S/C24H50O4S.K/c1-2-3-4-5-15-18-21-24(29(26,27)28)22-19-16-13-11-9-7-6-8-10-12-14-17-20-23-25;/h24-25H,2-23H2,1H3,(H,26,27,28);/q;+1/p-1. The van der Waals surface area contributed by atoms with E-state index in [4.69, 9.17) is 5.11 Å². The van der Waals surface area contributed by atoms with Gasteiger partial charge in [-0.25, -0.2) is 8.42 Å². The van der Waals surface area contributed by atoms with E-state index in [0.29, 0.717) is 19.4 Å². The van der Waals surface area contributed by atoms with Crippen LogP contribution < -0.4 is 51.4 Å². The summed E-state index contributed by atoms with van der Waals surface area (Å²) >= 11 is 0. The summed E-state index contributed by atoms with van der Waals surface area (Å²) in [6, 6.07) is 0. The molecule has 0 radical (unpaired) electrons. The molecular formula is C24H49KO4S. The Hall–Kier alpha value is 1.51. The maximum atomic E-state index is 11.5. The molecule has 0 aliphatic heterocycles. The van der Waals surface area contributed by atoms with Crippen LogP contribution in [0.4, 0.5) is 0 Å². The largest absolute Gasteiger partial charge is 1.00 e. The van der Waals surface area contributed by atoms with Crippen LogP contribution in [-0.2, 0) is 10.1 Å². The van der Waals surface area contributed by atoms with E-state index in [1.165, 1.54) is 70.6 Å². The Morgan fingerprint density at radius 2 is 0.900 bits per heavy atom. The topological polar surface area (TPSA) is 77.4 Å². The fraction of sp³-hybridized carbons (Fsp3) is 1.00. The molecule has 1 unspecified atom stereocenters. The summed E-state index contributed by atoms with van der Waals surface area (Å²) in [5.74, 6) is 0. The summed E-state index contributed by atoms with van der Waals surface area (Å²) in [4.78, 5) is 0. The Bertz CT molecular complexity index is 429. The smallest absolute Gasteiger partial charge is 0.748 e. The molecule has 0 fully saturated rings. The van der Waals surface area contributed by atoms with E-state index in [2.05, 4.69) is 6.92 Å². The molecule has 1 N–H and O–H groups in total. The van der Waals surface area contributed by atoms with Crippen LogP contribution in [0, 0.1) is 0 Å². The van der Waals surface area contributed by atoms with Gasteiger partial charge >= 0.3 is 51.4 Å². The minimum Gasteiger partial charge on any atom is -0.748 e. The molecule has 1 atom stereocenters. The van der Waals surface area contributed by atoms with Crippen molar-refractivity contribution in [1.82, 2.24) is 0 Å². The van der Waals surface area contributed by atoms with Gasteiger partial charge in [0.05, 0.1) is 10.1 Å². The van der Waals surface area contributed by atoms with E-state index in [0.717, 1.165) is 51.4 Å². The molecule has 4 nitrogen and oxygen atoms in total. The van der Waals surface area contributed by atoms with Crippen LogP contribution >= 0.6 is 0 Å². The molecule has 0 saturated carbocycles. The predicted molar refractivity (Wildman–Crippen MR) is 123 cm³/mol.